The molecule has 4 aliphatic rings. The molecule has 0 unspecified atom stereocenters. The maximum absolute atomic E-state index is 13.6. The molecule has 1 N–H and O–H groups in total. The first kappa shape index (κ1) is 28.0. The number of carbonyl (C=O) groups is 2. The Morgan fingerprint density at radius 3 is 2.58 bits per heavy atom. The van der Waals surface area contributed by atoms with E-state index in [4.69, 9.17) is 19.2 Å². The topological polar surface area (TPSA) is 123 Å². The molecule has 2 saturated heterocycles. The minimum atomic E-state index is -1.87. The van der Waals surface area contributed by atoms with Crippen molar-refractivity contribution >= 4 is 23.0 Å². The van der Waals surface area contributed by atoms with Crippen LogP contribution in [0.3, 0.4) is 0 Å². The van der Waals surface area contributed by atoms with Gasteiger partial charge in [0.1, 0.15) is 12.4 Å². The highest BCUT2D eigenvalue weighted by Gasteiger charge is 2.45. The molecule has 6 heterocycles. The van der Waals surface area contributed by atoms with E-state index in [1.807, 2.05) is 19.1 Å². The van der Waals surface area contributed by atoms with Gasteiger partial charge >= 0.3 is 12.1 Å². The molecule has 11 heteroatoms. The van der Waals surface area contributed by atoms with E-state index in [9.17, 15) is 19.5 Å². The lowest BCUT2D eigenvalue weighted by atomic mass is 9.86. The fourth-order valence-corrected chi connectivity index (χ4v) is 7.13. The summed E-state index contributed by atoms with van der Waals surface area (Å²) >= 11 is 0. The van der Waals surface area contributed by atoms with Crippen LogP contribution in [-0.2, 0) is 39.4 Å². The lowest BCUT2D eigenvalue weighted by Crippen LogP contribution is -2.50. The highest BCUT2D eigenvalue weighted by Crippen LogP contribution is 2.40. The average molecular weight is 589 g/mol. The number of hydrogen-bond donors (Lipinski definition) is 1. The Morgan fingerprint density at radius 1 is 1.09 bits per heavy atom. The van der Waals surface area contributed by atoms with Crippen molar-refractivity contribution in [3.05, 3.63) is 56.9 Å². The van der Waals surface area contributed by atoms with Gasteiger partial charge < -0.3 is 28.8 Å². The van der Waals surface area contributed by atoms with Gasteiger partial charge in [-0.2, -0.15) is 0 Å². The molecular weight excluding hydrogens is 552 g/mol. The molecule has 1 amide bonds. The average Bonchev–Trinajstić information content (AvgIpc) is 3.41. The number of amides is 1. The van der Waals surface area contributed by atoms with Crippen LogP contribution in [0.1, 0.15) is 55.4 Å². The van der Waals surface area contributed by atoms with Crippen LogP contribution in [0.4, 0.5) is 4.79 Å². The molecule has 7 rings (SSSR count). The highest BCUT2D eigenvalue weighted by molar-refractivity contribution is 5.90. The Hall–Kier alpha value is -3.80. The van der Waals surface area contributed by atoms with Gasteiger partial charge in [0.25, 0.3) is 5.56 Å². The molecule has 11 nitrogen and oxygen atoms in total. The van der Waals surface area contributed by atoms with Gasteiger partial charge in [0.15, 0.2) is 5.60 Å². The molecule has 1 aromatic carbocycles. The molecule has 0 saturated carbocycles. The third-order valence-corrected chi connectivity index (χ3v) is 9.62. The number of aryl methyl sites for hydroxylation is 1. The van der Waals surface area contributed by atoms with Crippen molar-refractivity contribution in [3.8, 4) is 17.1 Å². The number of rotatable bonds is 4. The number of fused-ring (bicyclic) bond motifs is 5. The number of aliphatic hydroxyl groups is 1. The fraction of sp³-hybridized carbons (Fsp3) is 0.500. The predicted molar refractivity (Wildman–Crippen MR) is 157 cm³/mol. The summed E-state index contributed by atoms with van der Waals surface area (Å²) in [6.07, 6.45) is 2.26. The summed E-state index contributed by atoms with van der Waals surface area (Å²) in [7, 11) is 0. The maximum Gasteiger partial charge on any atom is 0.415 e. The first-order valence-corrected chi connectivity index (χ1v) is 15.2. The molecule has 0 aliphatic carbocycles. The second-order valence-corrected chi connectivity index (χ2v) is 11.8. The monoisotopic (exact) mass is 588 g/mol. The number of esters is 1. The summed E-state index contributed by atoms with van der Waals surface area (Å²) in [5, 5.41) is 12.0. The van der Waals surface area contributed by atoms with Crippen LogP contribution in [0.15, 0.2) is 29.1 Å². The number of piperidine rings is 1. The standard InChI is InChI=1S/C32H36N4O7/c1-3-21-22-15-20(43-31(39)35-9-7-19(8-10-35)34-11-13-41-14-12-34)5-6-26(22)33-28-23(21)17-36-27(28)16-25-24(29(36)37)18-42-30(38)32(25,40)4-2/h5-6,15-16,19,40H,3-4,7-14,17-18H2,1-2H3/t32-/m0/s1. The van der Waals surface area contributed by atoms with E-state index in [1.165, 1.54) is 0 Å². The largest absolute Gasteiger partial charge is 0.458 e. The van der Waals surface area contributed by atoms with E-state index in [-0.39, 0.29) is 24.7 Å². The summed E-state index contributed by atoms with van der Waals surface area (Å²) in [5.74, 6) is -0.287. The summed E-state index contributed by atoms with van der Waals surface area (Å²) < 4.78 is 18.2. The Labute approximate surface area is 249 Å². The number of aromatic nitrogens is 2. The first-order chi connectivity index (χ1) is 20.8. The van der Waals surface area contributed by atoms with Crippen molar-refractivity contribution in [1.29, 1.82) is 0 Å². The zero-order chi connectivity index (χ0) is 29.9. The third-order valence-electron chi connectivity index (χ3n) is 9.62. The van der Waals surface area contributed by atoms with Crippen LogP contribution in [0.5, 0.6) is 5.75 Å². The molecule has 4 aliphatic heterocycles. The van der Waals surface area contributed by atoms with E-state index < -0.39 is 11.6 Å². The molecular formula is C32H36N4O7. The molecule has 0 spiro atoms. The van der Waals surface area contributed by atoms with Crippen molar-refractivity contribution in [2.24, 2.45) is 0 Å². The van der Waals surface area contributed by atoms with Gasteiger partial charge in [-0.15, -0.1) is 0 Å². The zero-order valence-electron chi connectivity index (χ0n) is 24.6. The van der Waals surface area contributed by atoms with Crippen LogP contribution in [0.2, 0.25) is 0 Å². The highest BCUT2D eigenvalue weighted by atomic mass is 16.6. The number of nitrogens with zero attached hydrogens (tertiary/aromatic N) is 4. The SMILES string of the molecule is CCc1c2c(nc3ccc(OC(=O)N4CCC(N5CCOCC5)CC4)cc13)-c1cc3c(c(=O)n1C2)COC(=O)[C@]3(O)CC. The van der Waals surface area contributed by atoms with Crippen molar-refractivity contribution in [3.63, 3.8) is 0 Å². The molecule has 1 atom stereocenters. The Kier molecular flexibility index (Phi) is 6.98. The molecule has 2 fully saturated rings. The van der Waals surface area contributed by atoms with E-state index in [0.717, 1.165) is 55.7 Å². The van der Waals surface area contributed by atoms with Crippen molar-refractivity contribution in [2.75, 3.05) is 39.4 Å². The summed E-state index contributed by atoms with van der Waals surface area (Å²) in [6, 6.07) is 7.64. The second kappa shape index (κ2) is 10.7. The lowest BCUT2D eigenvalue weighted by Gasteiger charge is -2.39. The van der Waals surface area contributed by atoms with Gasteiger partial charge in [-0.25, -0.2) is 14.6 Å². The van der Waals surface area contributed by atoms with Crippen molar-refractivity contribution in [2.45, 2.75) is 64.3 Å². The second-order valence-electron chi connectivity index (χ2n) is 11.8. The minimum Gasteiger partial charge on any atom is -0.458 e. The van der Waals surface area contributed by atoms with Crippen molar-refractivity contribution in [1.82, 2.24) is 19.4 Å². The third kappa shape index (κ3) is 4.52. The van der Waals surface area contributed by atoms with Gasteiger partial charge in [0, 0.05) is 48.7 Å². The zero-order valence-corrected chi connectivity index (χ0v) is 24.6. The lowest BCUT2D eigenvalue weighted by molar-refractivity contribution is -0.172. The summed E-state index contributed by atoms with van der Waals surface area (Å²) in [4.78, 5) is 48.3. The van der Waals surface area contributed by atoms with E-state index in [2.05, 4.69) is 4.90 Å². The van der Waals surface area contributed by atoms with E-state index >= 15 is 0 Å². The van der Waals surface area contributed by atoms with Crippen LogP contribution in [0.25, 0.3) is 22.3 Å². The smallest absolute Gasteiger partial charge is 0.415 e. The number of carbonyl (C=O) groups excluding carboxylic acids is 2. The first-order valence-electron chi connectivity index (χ1n) is 15.2. The van der Waals surface area contributed by atoms with Crippen LogP contribution < -0.4 is 10.3 Å². The van der Waals surface area contributed by atoms with E-state index in [0.29, 0.717) is 65.9 Å². The number of hydrogen-bond acceptors (Lipinski definition) is 9. The van der Waals surface area contributed by atoms with Crippen LogP contribution >= 0.6 is 0 Å². The van der Waals surface area contributed by atoms with Gasteiger partial charge in [-0.05, 0) is 55.5 Å². The number of likely N-dealkylation sites (tertiary alicyclic amines) is 1. The summed E-state index contributed by atoms with van der Waals surface area (Å²) in [5.41, 5.74) is 2.32. The molecule has 3 aromatic rings. The van der Waals surface area contributed by atoms with Crippen molar-refractivity contribution < 1.29 is 28.9 Å². The Bertz CT molecular complexity index is 1690. The minimum absolute atomic E-state index is 0.0906. The maximum atomic E-state index is 13.6. The van der Waals surface area contributed by atoms with Gasteiger partial charge in [-0.1, -0.05) is 13.8 Å². The number of morpholine rings is 1. The Morgan fingerprint density at radius 2 is 1.86 bits per heavy atom. The molecule has 43 heavy (non-hydrogen) atoms. The summed E-state index contributed by atoms with van der Waals surface area (Å²) in [6.45, 7) is 8.64. The fourth-order valence-electron chi connectivity index (χ4n) is 7.13. The van der Waals surface area contributed by atoms with Gasteiger partial charge in [0.2, 0.25) is 0 Å². The number of ether oxygens (including phenoxy) is 3. The van der Waals surface area contributed by atoms with Gasteiger partial charge in [-0.3, -0.25) is 9.69 Å². The number of benzene rings is 1. The molecule has 0 radical (unpaired) electrons. The molecule has 2 aromatic heterocycles. The number of pyridine rings is 2. The van der Waals surface area contributed by atoms with Crippen LogP contribution in [-0.4, -0.2) is 82.0 Å². The molecule has 226 valence electrons. The normalized spacial score (nSPS) is 22.2. The quantitative estimate of drug-likeness (QED) is 0.359. The van der Waals surface area contributed by atoms with Gasteiger partial charge in [0.05, 0.1) is 42.2 Å². The predicted octanol–water partition coefficient (Wildman–Crippen LogP) is 2.94. The number of cyclic esters (lactones) is 1. The molecule has 0 bridgehead atoms. The Balaban J connectivity index is 1.16. The van der Waals surface area contributed by atoms with Crippen LogP contribution in [0, 0.1) is 0 Å². The van der Waals surface area contributed by atoms with E-state index in [1.54, 1.807) is 28.5 Å².